The topological polar surface area (TPSA) is 135 Å². The van der Waals surface area contributed by atoms with Crippen molar-refractivity contribution in [3.8, 4) is 11.1 Å². The molecule has 5 N–H and O–H groups in total. The number of rotatable bonds is 12. The molecular formula is C36H45FN4O5. The van der Waals surface area contributed by atoms with E-state index in [0.29, 0.717) is 25.2 Å². The van der Waals surface area contributed by atoms with Crippen LogP contribution in [-0.2, 0) is 24.1 Å². The Bertz CT molecular complexity index is 1560. The van der Waals surface area contributed by atoms with E-state index >= 15 is 0 Å². The fraction of sp³-hybridized carbons (Fsp3) is 0.417. The highest BCUT2D eigenvalue weighted by Crippen LogP contribution is 2.38. The monoisotopic (exact) mass is 632 g/mol. The number of nitrogens with zero attached hydrogens (tertiary/aromatic N) is 2. The summed E-state index contributed by atoms with van der Waals surface area (Å²) in [6.07, 6.45) is 3.50. The summed E-state index contributed by atoms with van der Waals surface area (Å²) < 4.78 is 14.1. The number of aliphatic hydroxyl groups is 2. The van der Waals surface area contributed by atoms with Gasteiger partial charge in [0.1, 0.15) is 5.82 Å². The second-order valence-corrected chi connectivity index (χ2v) is 12.3. The van der Waals surface area contributed by atoms with E-state index in [4.69, 9.17) is 10.1 Å². The van der Waals surface area contributed by atoms with E-state index in [9.17, 15) is 24.2 Å². The number of halogens is 1. The number of pyridine rings is 1. The SMILES string of the molecule is CNCCN(C)C(=O)Nc1ccc2c(c1)Cc1nc(C(C)C)c(/C=C/[C@@H](O)C[C@@H](O)CC(=O)O)c(-c3ccc(F)cc3)c1CCC2. The first-order valence-corrected chi connectivity index (χ1v) is 15.8. The van der Waals surface area contributed by atoms with Crippen LogP contribution in [0.3, 0.4) is 0 Å². The summed E-state index contributed by atoms with van der Waals surface area (Å²) >= 11 is 0. The summed E-state index contributed by atoms with van der Waals surface area (Å²) in [6.45, 7) is 5.35. The lowest BCUT2D eigenvalue weighted by molar-refractivity contribution is -0.139. The average molecular weight is 633 g/mol. The summed E-state index contributed by atoms with van der Waals surface area (Å²) in [7, 11) is 3.60. The predicted molar refractivity (Wildman–Crippen MR) is 178 cm³/mol. The number of amides is 2. The van der Waals surface area contributed by atoms with Gasteiger partial charge < -0.3 is 30.9 Å². The molecule has 0 saturated carbocycles. The van der Waals surface area contributed by atoms with Crippen molar-refractivity contribution in [3.63, 3.8) is 0 Å². The van der Waals surface area contributed by atoms with Gasteiger partial charge in [0.05, 0.1) is 24.3 Å². The summed E-state index contributed by atoms with van der Waals surface area (Å²) in [5.74, 6) is -1.48. The van der Waals surface area contributed by atoms with E-state index in [-0.39, 0.29) is 24.2 Å². The Morgan fingerprint density at radius 3 is 2.50 bits per heavy atom. The van der Waals surface area contributed by atoms with E-state index in [1.165, 1.54) is 17.7 Å². The Morgan fingerprint density at radius 1 is 1.09 bits per heavy atom. The van der Waals surface area contributed by atoms with Gasteiger partial charge >= 0.3 is 12.0 Å². The van der Waals surface area contributed by atoms with Gasteiger partial charge in [0, 0.05) is 49.9 Å². The molecule has 9 nitrogen and oxygen atoms in total. The third-order valence-corrected chi connectivity index (χ3v) is 8.27. The molecule has 1 heterocycles. The molecule has 0 spiro atoms. The van der Waals surface area contributed by atoms with Crippen molar-refractivity contribution < 1.29 is 29.3 Å². The van der Waals surface area contributed by atoms with Crippen molar-refractivity contribution >= 4 is 23.8 Å². The normalized spacial score (nSPS) is 14.3. The molecule has 4 rings (SSSR count). The van der Waals surface area contributed by atoms with Gasteiger partial charge in [-0.2, -0.15) is 0 Å². The van der Waals surface area contributed by atoms with Crippen LogP contribution in [0.25, 0.3) is 17.2 Å². The molecule has 46 heavy (non-hydrogen) atoms. The van der Waals surface area contributed by atoms with Gasteiger partial charge in [-0.15, -0.1) is 0 Å². The van der Waals surface area contributed by atoms with Crippen LogP contribution in [0, 0.1) is 5.82 Å². The first-order chi connectivity index (χ1) is 22.0. The molecule has 0 unspecified atom stereocenters. The molecule has 1 aliphatic carbocycles. The summed E-state index contributed by atoms with van der Waals surface area (Å²) in [5, 5.41) is 35.8. The number of aryl methyl sites for hydroxylation is 1. The number of aromatic nitrogens is 1. The van der Waals surface area contributed by atoms with Crippen LogP contribution >= 0.6 is 0 Å². The first-order valence-electron chi connectivity index (χ1n) is 15.8. The maximum absolute atomic E-state index is 14.1. The number of benzene rings is 2. The number of likely N-dealkylation sites (N-methyl/N-ethyl adjacent to an activating group) is 2. The fourth-order valence-electron chi connectivity index (χ4n) is 5.88. The number of aliphatic carboxylic acids is 1. The zero-order valence-corrected chi connectivity index (χ0v) is 27.0. The van der Waals surface area contributed by atoms with E-state index in [0.717, 1.165) is 58.5 Å². The van der Waals surface area contributed by atoms with E-state index < -0.39 is 24.6 Å². The third-order valence-electron chi connectivity index (χ3n) is 8.27. The number of hydrogen-bond donors (Lipinski definition) is 5. The number of nitrogens with one attached hydrogen (secondary N) is 2. The number of carboxylic acids is 1. The highest BCUT2D eigenvalue weighted by Gasteiger charge is 2.24. The van der Waals surface area contributed by atoms with Crippen molar-refractivity contribution in [2.45, 2.75) is 70.5 Å². The zero-order chi connectivity index (χ0) is 33.4. The molecule has 2 amide bonds. The molecule has 1 aromatic heterocycles. The maximum Gasteiger partial charge on any atom is 0.321 e. The predicted octanol–water partition coefficient (Wildman–Crippen LogP) is 5.37. The number of anilines is 1. The van der Waals surface area contributed by atoms with E-state index in [1.807, 2.05) is 33.0 Å². The Balaban J connectivity index is 1.78. The molecule has 0 radical (unpaired) electrons. The summed E-state index contributed by atoms with van der Waals surface area (Å²) in [6, 6.07) is 12.2. The van der Waals surface area contributed by atoms with Crippen molar-refractivity contribution in [1.82, 2.24) is 15.2 Å². The number of hydrogen-bond acceptors (Lipinski definition) is 6. The third kappa shape index (κ3) is 8.99. The Hall–Kier alpha value is -4.12. The molecule has 0 fully saturated rings. The molecule has 246 valence electrons. The van der Waals surface area contributed by atoms with Gasteiger partial charge in [-0.1, -0.05) is 44.2 Å². The van der Waals surface area contributed by atoms with Crippen LogP contribution in [0.15, 0.2) is 48.5 Å². The van der Waals surface area contributed by atoms with E-state index in [2.05, 4.69) is 16.7 Å². The van der Waals surface area contributed by atoms with Crippen LogP contribution in [0.2, 0.25) is 0 Å². The minimum Gasteiger partial charge on any atom is -0.481 e. The number of carbonyl (C=O) groups is 2. The smallest absolute Gasteiger partial charge is 0.321 e. The molecule has 0 saturated heterocycles. The molecule has 10 heteroatoms. The number of urea groups is 1. The van der Waals surface area contributed by atoms with Crippen LogP contribution in [-0.4, -0.2) is 76.6 Å². The highest BCUT2D eigenvalue weighted by molar-refractivity contribution is 5.89. The highest BCUT2D eigenvalue weighted by atomic mass is 19.1. The molecule has 2 atom stereocenters. The van der Waals surface area contributed by atoms with Crippen LogP contribution in [0.4, 0.5) is 14.9 Å². The molecule has 0 aliphatic heterocycles. The van der Waals surface area contributed by atoms with Gasteiger partial charge in [0.2, 0.25) is 0 Å². The zero-order valence-electron chi connectivity index (χ0n) is 27.0. The van der Waals surface area contributed by atoms with Gasteiger partial charge in [-0.3, -0.25) is 9.78 Å². The average Bonchev–Trinajstić information content (AvgIpc) is 2.99. The molecule has 1 aliphatic rings. The Morgan fingerprint density at radius 2 is 1.83 bits per heavy atom. The molecular weight excluding hydrogens is 587 g/mol. The fourth-order valence-corrected chi connectivity index (χ4v) is 5.88. The standard InChI is InChI=1S/C36H45FN4O5/c1-22(2)35-31(15-14-28(42)20-29(43)21-33(44)45)34(24-8-11-26(37)12-9-24)30-7-5-6-23-10-13-27(18-25(23)19-32(30)40-35)39-36(46)41(4)17-16-38-3/h8-15,18,22,28-29,38,42-43H,5-7,16-17,19-21H2,1-4H3,(H,39,46)(H,44,45)/b15-14+/t28-,29-/m1/s1. The second kappa shape index (κ2) is 15.9. The quantitative estimate of drug-likeness (QED) is 0.181. The lowest BCUT2D eigenvalue weighted by Crippen LogP contribution is -2.35. The van der Waals surface area contributed by atoms with Gasteiger partial charge in [0.15, 0.2) is 0 Å². The minimum atomic E-state index is -1.18. The van der Waals surface area contributed by atoms with Gasteiger partial charge in [-0.25, -0.2) is 9.18 Å². The lowest BCUT2D eigenvalue weighted by Gasteiger charge is -2.25. The maximum atomic E-state index is 14.1. The van der Waals surface area contributed by atoms with Crippen molar-refractivity contribution in [3.05, 3.63) is 88.0 Å². The summed E-state index contributed by atoms with van der Waals surface area (Å²) in [5.41, 5.74) is 8.31. The number of carboxylic acid groups (broad SMARTS) is 1. The molecule has 0 bridgehead atoms. The van der Waals surface area contributed by atoms with Crippen LogP contribution < -0.4 is 10.6 Å². The minimum absolute atomic E-state index is 0.00238. The van der Waals surface area contributed by atoms with E-state index in [1.54, 1.807) is 36.2 Å². The van der Waals surface area contributed by atoms with Crippen LogP contribution in [0.1, 0.15) is 72.7 Å². The number of aliphatic hydroxyl groups excluding tert-OH is 2. The Labute approximate surface area is 270 Å². The second-order valence-electron chi connectivity index (χ2n) is 12.3. The van der Waals surface area contributed by atoms with Crippen molar-refractivity contribution in [2.75, 3.05) is 32.5 Å². The van der Waals surface area contributed by atoms with Crippen LogP contribution in [0.5, 0.6) is 0 Å². The van der Waals surface area contributed by atoms with Crippen molar-refractivity contribution in [2.24, 2.45) is 0 Å². The largest absolute Gasteiger partial charge is 0.481 e. The molecule has 2 aromatic carbocycles. The van der Waals surface area contributed by atoms with Gasteiger partial charge in [-0.05, 0) is 84.3 Å². The summed E-state index contributed by atoms with van der Waals surface area (Å²) in [4.78, 5) is 30.6. The molecule has 3 aromatic rings. The first kappa shape index (κ1) is 34.7. The van der Waals surface area contributed by atoms with Gasteiger partial charge in [0.25, 0.3) is 0 Å². The van der Waals surface area contributed by atoms with Crippen molar-refractivity contribution in [1.29, 1.82) is 0 Å². The lowest BCUT2D eigenvalue weighted by atomic mass is 9.83. The number of carbonyl (C=O) groups excluding carboxylic acids is 1. The Kier molecular flexibility index (Phi) is 12.0. The number of fused-ring (bicyclic) bond motifs is 2.